The maximum Gasteiger partial charge on any atom is 0.336 e. The predicted molar refractivity (Wildman–Crippen MR) is 98.8 cm³/mol. The van der Waals surface area contributed by atoms with E-state index in [1.807, 2.05) is 0 Å². The zero-order chi connectivity index (χ0) is 18.9. The molecule has 0 saturated heterocycles. The number of nitrogens with one attached hydrogen (secondary N) is 1. The van der Waals surface area contributed by atoms with Crippen molar-refractivity contribution >= 4 is 38.3 Å². The molecule has 0 atom stereocenters. The smallest absolute Gasteiger partial charge is 0.336 e. The quantitative estimate of drug-likeness (QED) is 0.710. The number of rotatable bonds is 4. The number of sulfonamides is 1. The van der Waals surface area contributed by atoms with Crippen LogP contribution in [0, 0.1) is 0 Å². The van der Waals surface area contributed by atoms with Gasteiger partial charge in [-0.15, -0.1) is 0 Å². The summed E-state index contributed by atoms with van der Waals surface area (Å²) in [6.07, 6.45) is 0. The highest BCUT2D eigenvalue weighted by atomic mass is 32.2. The molecule has 134 valence electrons. The van der Waals surface area contributed by atoms with Gasteiger partial charge in [-0.05, 0) is 48.5 Å². The molecule has 0 fully saturated rings. The number of carbonyl (C=O) groups excluding carboxylic acids is 1. The Bertz CT molecular complexity index is 1130. The van der Waals surface area contributed by atoms with Crippen LogP contribution in [0.25, 0.3) is 11.0 Å². The minimum Gasteiger partial charge on any atom is -0.423 e. The Labute approximate surface area is 149 Å². The lowest BCUT2D eigenvalue weighted by Crippen LogP contribution is -2.22. The van der Waals surface area contributed by atoms with Crippen LogP contribution in [0.3, 0.4) is 0 Å². The molecule has 1 N–H and O–H groups in total. The van der Waals surface area contributed by atoms with Gasteiger partial charge in [0.25, 0.3) is 10.0 Å². The van der Waals surface area contributed by atoms with Gasteiger partial charge in [0.2, 0.25) is 5.91 Å². The molecule has 2 aromatic carbocycles. The van der Waals surface area contributed by atoms with Gasteiger partial charge in [0.15, 0.2) is 0 Å². The zero-order valence-corrected chi connectivity index (χ0v) is 14.9. The summed E-state index contributed by atoms with van der Waals surface area (Å²) in [7, 11) is -2.18. The fraction of sp³-hybridized carbons (Fsp3) is 0.111. The minimum absolute atomic E-state index is 0.0452. The fourth-order valence-electron chi connectivity index (χ4n) is 2.37. The van der Waals surface area contributed by atoms with Crippen molar-refractivity contribution in [1.82, 2.24) is 0 Å². The van der Waals surface area contributed by atoms with E-state index in [9.17, 15) is 18.0 Å². The van der Waals surface area contributed by atoms with Crippen molar-refractivity contribution < 1.29 is 17.6 Å². The number of fused-ring (bicyclic) bond motifs is 1. The molecule has 0 radical (unpaired) electrons. The molecule has 26 heavy (non-hydrogen) atoms. The first-order valence-corrected chi connectivity index (χ1v) is 9.16. The summed E-state index contributed by atoms with van der Waals surface area (Å²) in [5.41, 5.74) is 0.835. The van der Waals surface area contributed by atoms with Crippen molar-refractivity contribution in [2.45, 2.75) is 11.8 Å². The number of anilines is 2. The third kappa shape index (κ3) is 3.60. The highest BCUT2D eigenvalue weighted by Crippen LogP contribution is 2.22. The van der Waals surface area contributed by atoms with Gasteiger partial charge in [-0.25, -0.2) is 13.2 Å². The average Bonchev–Trinajstić information content (AvgIpc) is 2.60. The second kappa shape index (κ2) is 6.64. The van der Waals surface area contributed by atoms with Crippen LogP contribution in [-0.4, -0.2) is 21.4 Å². The number of benzene rings is 2. The van der Waals surface area contributed by atoms with Crippen LogP contribution in [0.4, 0.5) is 11.4 Å². The molecule has 3 aromatic rings. The Morgan fingerprint density at radius 1 is 1.04 bits per heavy atom. The van der Waals surface area contributed by atoms with Crippen LogP contribution < -0.4 is 15.2 Å². The summed E-state index contributed by atoms with van der Waals surface area (Å²) in [5, 5.41) is 0.505. The second-order valence-electron chi connectivity index (χ2n) is 5.68. The molecule has 0 unspecified atom stereocenters. The minimum atomic E-state index is -3.81. The first-order valence-electron chi connectivity index (χ1n) is 7.67. The Kier molecular flexibility index (Phi) is 4.52. The fourth-order valence-corrected chi connectivity index (χ4v) is 3.46. The predicted octanol–water partition coefficient (Wildman–Crippen LogP) is 2.58. The molecule has 7 nitrogen and oxygen atoms in total. The topological polar surface area (TPSA) is 96.7 Å². The van der Waals surface area contributed by atoms with Crippen LogP contribution >= 0.6 is 0 Å². The Balaban J connectivity index is 1.88. The molecule has 0 aliphatic rings. The molecule has 1 aromatic heterocycles. The number of nitrogens with zero attached hydrogens (tertiary/aromatic N) is 1. The third-order valence-corrected chi connectivity index (χ3v) is 5.26. The Morgan fingerprint density at radius 2 is 1.73 bits per heavy atom. The van der Waals surface area contributed by atoms with E-state index >= 15 is 0 Å². The van der Waals surface area contributed by atoms with Crippen molar-refractivity contribution in [3.05, 3.63) is 65.0 Å². The van der Waals surface area contributed by atoms with Gasteiger partial charge in [-0.2, -0.15) is 0 Å². The first kappa shape index (κ1) is 17.7. The van der Waals surface area contributed by atoms with Crippen molar-refractivity contribution in [1.29, 1.82) is 0 Å². The molecular weight excluding hydrogens is 356 g/mol. The molecule has 8 heteroatoms. The zero-order valence-electron chi connectivity index (χ0n) is 14.1. The molecule has 0 aliphatic carbocycles. The highest BCUT2D eigenvalue weighted by molar-refractivity contribution is 7.92. The van der Waals surface area contributed by atoms with Crippen molar-refractivity contribution in [2.24, 2.45) is 0 Å². The summed E-state index contributed by atoms with van der Waals surface area (Å²) in [4.78, 5) is 24.1. The lowest BCUT2D eigenvalue weighted by molar-refractivity contribution is -0.116. The Hall–Kier alpha value is -3.13. The van der Waals surface area contributed by atoms with E-state index in [1.165, 1.54) is 42.2 Å². The molecule has 0 bridgehead atoms. The van der Waals surface area contributed by atoms with E-state index in [2.05, 4.69) is 4.72 Å². The van der Waals surface area contributed by atoms with Gasteiger partial charge in [0.05, 0.1) is 4.90 Å². The SMILES string of the molecule is CC(=O)N(C)c1ccc(NS(=O)(=O)c2ccc3oc(=O)ccc3c2)cc1. The summed E-state index contributed by atoms with van der Waals surface area (Å²) in [5.74, 6) is -0.124. The third-order valence-electron chi connectivity index (χ3n) is 3.88. The van der Waals surface area contributed by atoms with Crippen molar-refractivity contribution in [2.75, 3.05) is 16.7 Å². The van der Waals surface area contributed by atoms with Crippen molar-refractivity contribution in [3.63, 3.8) is 0 Å². The Morgan fingerprint density at radius 3 is 2.38 bits per heavy atom. The number of hydrogen-bond donors (Lipinski definition) is 1. The van der Waals surface area contributed by atoms with E-state index < -0.39 is 15.6 Å². The maximum absolute atomic E-state index is 12.6. The summed E-state index contributed by atoms with van der Waals surface area (Å²) >= 11 is 0. The second-order valence-corrected chi connectivity index (χ2v) is 7.37. The molecule has 0 aliphatic heterocycles. The standard InChI is InChI=1S/C18H16N2O5S/c1-12(21)20(2)15-6-4-14(5-7-15)19-26(23,24)16-8-9-17-13(11-16)3-10-18(22)25-17/h3-11,19H,1-2H3. The van der Waals surface area contributed by atoms with Crippen LogP contribution in [0.2, 0.25) is 0 Å². The van der Waals surface area contributed by atoms with Crippen LogP contribution in [0.5, 0.6) is 0 Å². The monoisotopic (exact) mass is 372 g/mol. The maximum atomic E-state index is 12.6. The first-order chi connectivity index (χ1) is 12.3. The van der Waals surface area contributed by atoms with E-state index in [1.54, 1.807) is 31.3 Å². The highest BCUT2D eigenvalue weighted by Gasteiger charge is 2.15. The number of carbonyl (C=O) groups is 1. The molecular formula is C18H16N2O5S. The van der Waals surface area contributed by atoms with Gasteiger partial charge >= 0.3 is 5.63 Å². The summed E-state index contributed by atoms with van der Waals surface area (Å²) in [6.45, 7) is 1.44. The van der Waals surface area contributed by atoms with E-state index in [4.69, 9.17) is 4.42 Å². The van der Waals surface area contributed by atoms with Gasteiger partial charge in [0.1, 0.15) is 5.58 Å². The summed E-state index contributed by atoms with van der Waals surface area (Å²) in [6, 6.07) is 13.4. The molecule has 3 rings (SSSR count). The summed E-state index contributed by atoms with van der Waals surface area (Å²) < 4.78 is 32.6. The van der Waals surface area contributed by atoms with Gasteiger partial charge in [-0.3, -0.25) is 9.52 Å². The molecule has 1 amide bonds. The largest absolute Gasteiger partial charge is 0.423 e. The number of amides is 1. The van der Waals surface area contributed by atoms with Gasteiger partial charge < -0.3 is 9.32 Å². The lowest BCUT2D eigenvalue weighted by atomic mass is 10.2. The van der Waals surface area contributed by atoms with Gasteiger partial charge in [0, 0.05) is 36.8 Å². The van der Waals surface area contributed by atoms with Crippen LogP contribution in [-0.2, 0) is 14.8 Å². The molecule has 0 saturated carbocycles. The molecule has 0 spiro atoms. The van der Waals surface area contributed by atoms with E-state index in [-0.39, 0.29) is 10.8 Å². The lowest BCUT2D eigenvalue weighted by Gasteiger charge is -2.15. The van der Waals surface area contributed by atoms with Crippen LogP contribution in [0.1, 0.15) is 6.92 Å². The van der Waals surface area contributed by atoms with Crippen molar-refractivity contribution in [3.8, 4) is 0 Å². The van der Waals surface area contributed by atoms with Gasteiger partial charge in [-0.1, -0.05) is 0 Å². The number of hydrogen-bond acceptors (Lipinski definition) is 5. The average molecular weight is 372 g/mol. The normalized spacial score (nSPS) is 11.3. The van der Waals surface area contributed by atoms with E-state index in [0.717, 1.165) is 0 Å². The van der Waals surface area contributed by atoms with Crippen LogP contribution in [0.15, 0.2) is 68.7 Å². The molecule has 1 heterocycles. The van der Waals surface area contributed by atoms with E-state index in [0.29, 0.717) is 22.3 Å².